The molecule has 0 aliphatic carbocycles. The average molecular weight is 1020 g/mol. The molecule has 2 aliphatic heterocycles. The number of aromatic nitrogens is 2. The van der Waals surface area contributed by atoms with Crippen molar-refractivity contribution in [2.75, 3.05) is 46.1 Å². The first-order chi connectivity index (χ1) is 34.2. The number of carbonyl (C=O) groups is 3. The number of fused-ring (bicyclic) bond motifs is 3. The van der Waals surface area contributed by atoms with E-state index >= 15 is 13.2 Å². The molecule has 1 unspecified atom stereocenters. The summed E-state index contributed by atoms with van der Waals surface area (Å²) in [7, 11) is 0. The summed E-state index contributed by atoms with van der Waals surface area (Å²) in [6, 6.07) is 14.8. The molecule has 0 radical (unpaired) electrons. The highest BCUT2D eigenvalue weighted by Crippen LogP contribution is 2.44. The molecule has 72 heavy (non-hydrogen) atoms. The number of thiazole rings is 1. The molecule has 2 aliphatic rings. The van der Waals surface area contributed by atoms with Gasteiger partial charge in [0, 0.05) is 79.7 Å². The summed E-state index contributed by atoms with van der Waals surface area (Å²) in [5, 5.41) is 17.5. The monoisotopic (exact) mass is 1020 g/mol. The van der Waals surface area contributed by atoms with Crippen molar-refractivity contribution in [3.8, 4) is 16.2 Å². The Labute approximate surface area is 425 Å². The second kappa shape index (κ2) is 23.7. The Bertz CT molecular complexity index is 2620. The highest BCUT2D eigenvalue weighted by Gasteiger charge is 2.45. The number of H-pyrrole nitrogens is 1. The Morgan fingerprint density at radius 1 is 0.931 bits per heavy atom. The number of aryl methyl sites for hydroxylation is 1. The molecule has 390 valence electrons. The zero-order chi connectivity index (χ0) is 51.9. The molecule has 1 fully saturated rings. The van der Waals surface area contributed by atoms with Crippen molar-refractivity contribution < 1.29 is 46.9 Å². The third-order valence-electron chi connectivity index (χ3n) is 13.5. The second-order valence-electron chi connectivity index (χ2n) is 21.0. The summed E-state index contributed by atoms with van der Waals surface area (Å²) in [5.41, 5.74) is 4.77. The summed E-state index contributed by atoms with van der Waals surface area (Å²) in [4.78, 5) is 52.8. The highest BCUT2D eigenvalue weighted by molar-refractivity contribution is 7.13. The largest absolute Gasteiger partial charge is 0.493 e. The number of aromatic amines is 1. The van der Waals surface area contributed by atoms with Gasteiger partial charge in [0.25, 0.3) is 0 Å². The molecule has 6 atom stereocenters. The van der Waals surface area contributed by atoms with Crippen LogP contribution in [0.2, 0.25) is 0 Å². The topological polar surface area (TPSA) is 158 Å². The Morgan fingerprint density at radius 3 is 2.29 bits per heavy atom. The molecule has 0 spiro atoms. The van der Waals surface area contributed by atoms with E-state index < -0.39 is 58.8 Å². The lowest BCUT2D eigenvalue weighted by molar-refractivity contribution is -0.144. The number of unbranched alkanes of at least 4 members (excludes halogenated alkanes) is 2. The van der Waals surface area contributed by atoms with Gasteiger partial charge in [-0.05, 0) is 94.9 Å². The number of β-amino-alcohol motifs (C(OH)–C–C–N with tert-alkyl or cyclic N) is 1. The minimum absolute atomic E-state index is 0.00411. The van der Waals surface area contributed by atoms with Gasteiger partial charge in [-0.25, -0.2) is 18.2 Å². The van der Waals surface area contributed by atoms with Crippen molar-refractivity contribution in [3.63, 3.8) is 0 Å². The number of alkyl halides is 1. The lowest BCUT2D eigenvalue weighted by Gasteiger charge is -2.43. The number of likely N-dealkylation sites (tertiary alicyclic amines) is 1. The maximum atomic E-state index is 16.0. The molecule has 17 heteroatoms. The normalized spacial score (nSPS) is 19.3. The number of amides is 3. The quantitative estimate of drug-likeness (QED) is 0.0496. The minimum atomic E-state index is -1.59. The van der Waals surface area contributed by atoms with Gasteiger partial charge in [-0.3, -0.25) is 19.3 Å². The van der Waals surface area contributed by atoms with Crippen molar-refractivity contribution in [1.29, 1.82) is 0 Å². The first-order valence-corrected chi connectivity index (χ1v) is 26.0. The van der Waals surface area contributed by atoms with E-state index in [0.717, 1.165) is 51.0 Å². The van der Waals surface area contributed by atoms with Gasteiger partial charge in [-0.1, -0.05) is 63.2 Å². The van der Waals surface area contributed by atoms with Crippen molar-refractivity contribution in [1.82, 2.24) is 30.4 Å². The lowest BCUT2D eigenvalue weighted by atomic mass is 9.85. The van der Waals surface area contributed by atoms with Crippen LogP contribution < -0.4 is 15.4 Å². The van der Waals surface area contributed by atoms with E-state index in [1.807, 2.05) is 100 Å². The number of nitrogens with zero attached hydrogens (tertiary/aromatic N) is 3. The fourth-order valence-electron chi connectivity index (χ4n) is 9.83. The number of ether oxygens (including phenoxy) is 3. The van der Waals surface area contributed by atoms with Crippen molar-refractivity contribution in [3.05, 3.63) is 106 Å². The molecular weight excluding hydrogens is 946 g/mol. The van der Waals surface area contributed by atoms with Gasteiger partial charge in [0.05, 0.1) is 40.9 Å². The Morgan fingerprint density at radius 2 is 1.61 bits per heavy atom. The number of para-hydroxylation sites is 1. The molecule has 3 amide bonds. The fourth-order valence-corrected chi connectivity index (χ4v) is 10.6. The summed E-state index contributed by atoms with van der Waals surface area (Å²) in [6.07, 6.45) is 2.47. The van der Waals surface area contributed by atoms with Crippen LogP contribution in [-0.2, 0) is 30.3 Å². The summed E-state index contributed by atoms with van der Waals surface area (Å²) in [5.74, 6) is -2.73. The number of benzene rings is 3. The van der Waals surface area contributed by atoms with Crippen LogP contribution in [0, 0.1) is 24.0 Å². The van der Waals surface area contributed by atoms with Gasteiger partial charge >= 0.3 is 0 Å². The van der Waals surface area contributed by atoms with Crippen LogP contribution >= 0.6 is 11.3 Å². The molecule has 5 aromatic rings. The van der Waals surface area contributed by atoms with E-state index in [9.17, 15) is 19.5 Å². The highest BCUT2D eigenvalue weighted by atomic mass is 32.1. The van der Waals surface area contributed by atoms with Crippen LogP contribution in [0.3, 0.4) is 0 Å². The maximum Gasteiger partial charge on any atom is 0.246 e. The second-order valence-corrected chi connectivity index (χ2v) is 21.9. The van der Waals surface area contributed by atoms with Gasteiger partial charge in [0.15, 0.2) is 0 Å². The van der Waals surface area contributed by atoms with Gasteiger partial charge < -0.3 is 39.8 Å². The summed E-state index contributed by atoms with van der Waals surface area (Å²) < 4.78 is 64.4. The van der Waals surface area contributed by atoms with Gasteiger partial charge in [-0.2, -0.15) is 0 Å². The number of hydrogen-bond acceptors (Lipinski definition) is 10. The van der Waals surface area contributed by atoms with Crippen LogP contribution in [0.5, 0.6) is 5.75 Å². The molecule has 13 nitrogen and oxygen atoms in total. The van der Waals surface area contributed by atoms with Crippen molar-refractivity contribution >= 4 is 40.0 Å². The van der Waals surface area contributed by atoms with E-state index in [1.165, 1.54) is 30.9 Å². The molecular formula is C55H71F3N6O7S. The lowest BCUT2D eigenvalue weighted by Crippen LogP contribution is -2.58. The van der Waals surface area contributed by atoms with Gasteiger partial charge in [0.1, 0.15) is 41.7 Å². The van der Waals surface area contributed by atoms with Crippen LogP contribution in [0.15, 0.2) is 66.2 Å². The minimum Gasteiger partial charge on any atom is -0.493 e. The molecule has 4 heterocycles. The number of carbonyl (C=O) groups excluding carboxylic acids is 3. The number of halogens is 3. The molecule has 1 saturated heterocycles. The Kier molecular flexibility index (Phi) is 17.9. The average Bonchev–Trinajstić information content (AvgIpc) is 4.04. The molecule has 0 saturated carbocycles. The van der Waals surface area contributed by atoms with E-state index in [0.29, 0.717) is 38.2 Å². The number of rotatable bonds is 22. The number of aliphatic hydroxyl groups is 1. The van der Waals surface area contributed by atoms with Crippen LogP contribution in [0.1, 0.15) is 121 Å². The number of hydrogen-bond donors (Lipinski definition) is 4. The maximum absolute atomic E-state index is 16.0. The molecule has 4 N–H and O–H groups in total. The van der Waals surface area contributed by atoms with Gasteiger partial charge in [0.2, 0.25) is 17.7 Å². The third kappa shape index (κ3) is 13.4. The Hall–Kier alpha value is -5.33. The smallest absolute Gasteiger partial charge is 0.246 e. The number of nitrogens with one attached hydrogen (secondary N) is 3. The molecule has 0 bridgehead atoms. The van der Waals surface area contributed by atoms with Crippen LogP contribution in [0.25, 0.3) is 21.3 Å². The zero-order valence-corrected chi connectivity index (χ0v) is 43.6. The van der Waals surface area contributed by atoms with Crippen LogP contribution in [-0.4, -0.2) is 119 Å². The van der Waals surface area contributed by atoms with E-state index in [2.05, 4.69) is 20.6 Å². The Balaban J connectivity index is 0.799. The van der Waals surface area contributed by atoms with E-state index in [1.54, 1.807) is 11.3 Å². The zero-order valence-electron chi connectivity index (χ0n) is 42.8. The molecule has 2 aromatic heterocycles. The molecule has 7 rings (SSSR count). The first kappa shape index (κ1) is 54.4. The SMILES string of the molecule is Cc1ncsc1-c1ccc([C@H](C)NC(=O)[C@@H]2C[C@@H](O)CN2C(=O)[C@@H](NC(=O)COCCCOCCCCCOc2cc(F)c(C3c4[nH]c5ccccc5c4C[C@@H](C)N3CC(C)(C)F)c(F)c2)C(C)(C)C)cc1. The first-order valence-electron chi connectivity index (χ1n) is 25.1. The van der Waals surface area contributed by atoms with Crippen molar-refractivity contribution in [2.24, 2.45) is 5.41 Å². The van der Waals surface area contributed by atoms with Crippen molar-refractivity contribution in [2.45, 2.75) is 136 Å². The summed E-state index contributed by atoms with van der Waals surface area (Å²) in [6.45, 7) is 15.3. The van der Waals surface area contributed by atoms with E-state index in [-0.39, 0.29) is 68.6 Å². The fraction of sp³-hybridized carbons (Fsp3) is 0.527. The van der Waals surface area contributed by atoms with E-state index in [4.69, 9.17) is 14.2 Å². The summed E-state index contributed by atoms with van der Waals surface area (Å²) >= 11 is 1.57. The predicted molar refractivity (Wildman–Crippen MR) is 274 cm³/mol. The molecule has 3 aromatic carbocycles. The third-order valence-corrected chi connectivity index (χ3v) is 14.5. The predicted octanol–water partition coefficient (Wildman–Crippen LogP) is 9.30. The van der Waals surface area contributed by atoms with Gasteiger partial charge in [-0.15, -0.1) is 11.3 Å². The standard InChI is InChI=1S/C55H71F3N6O7S/c1-33-25-41-40-15-10-11-16-44(40)61-48(41)49(64(33)31-55(7,8)58)47-42(56)27-39(28-43(47)57)71-24-13-9-12-21-69-22-14-23-70-30-46(66)62-51(54(4,5)6)53(68)63-29-38(65)26-45(63)52(67)60-34(2)36-17-19-37(20-18-36)50-35(3)59-32-72-50/h10-11,15-20,27-28,32-34,38,45,49,51,61,65H,9,12-14,21-26,29-31H2,1-8H3,(H,60,67)(H,62,66)/t33-,34+,38-,45+,49?,51-/m1/s1. The van der Waals surface area contributed by atoms with Crippen LogP contribution in [0.4, 0.5) is 13.2 Å². The number of aliphatic hydroxyl groups excluding tert-OH is 1.